The minimum atomic E-state index is -0.327. The smallest absolute Gasteiger partial charge is 0.147 e. The van der Waals surface area contributed by atoms with Gasteiger partial charge in [-0.1, -0.05) is 0 Å². The number of nitrogen functional groups attached to an aromatic ring is 1. The van der Waals surface area contributed by atoms with E-state index in [1.54, 1.807) is 12.1 Å². The lowest BCUT2D eigenvalue weighted by atomic mass is 10.1. The molecule has 0 bridgehead atoms. The van der Waals surface area contributed by atoms with E-state index in [1.807, 2.05) is 18.7 Å². The summed E-state index contributed by atoms with van der Waals surface area (Å²) in [5, 5.41) is 7.20. The number of nitrogens with one attached hydrogen (secondary N) is 1. The van der Waals surface area contributed by atoms with Crippen molar-refractivity contribution in [3.63, 3.8) is 0 Å². The van der Waals surface area contributed by atoms with Gasteiger partial charge in [-0.15, -0.1) is 12.4 Å². The van der Waals surface area contributed by atoms with Crippen LogP contribution in [0.25, 0.3) is 0 Å². The standard InChI is InChI=1S/C11H16FN3.ClH/c1-3-15(4-2)10-6-5-8(11(13)14)7-9(10)12;/h5-7H,3-4H2,1-2H3,(H3,13,14);1H. The third kappa shape index (κ3) is 3.10. The number of nitrogens with zero attached hydrogens (tertiary/aromatic N) is 1. The van der Waals surface area contributed by atoms with Gasteiger partial charge < -0.3 is 10.6 Å². The number of hydrogen-bond donors (Lipinski definition) is 2. The first-order valence-electron chi connectivity index (χ1n) is 4.99. The van der Waals surface area contributed by atoms with Gasteiger partial charge in [-0.3, -0.25) is 5.41 Å². The van der Waals surface area contributed by atoms with Crippen molar-refractivity contribution in [2.24, 2.45) is 5.73 Å². The van der Waals surface area contributed by atoms with E-state index in [0.29, 0.717) is 11.3 Å². The highest BCUT2D eigenvalue weighted by atomic mass is 35.5. The Hall–Kier alpha value is -1.29. The molecule has 0 spiro atoms. The Bertz CT molecular complexity index is 364. The quantitative estimate of drug-likeness (QED) is 0.632. The first kappa shape index (κ1) is 14.7. The number of anilines is 1. The van der Waals surface area contributed by atoms with Gasteiger partial charge in [-0.2, -0.15) is 0 Å². The van der Waals surface area contributed by atoms with Gasteiger partial charge in [0.25, 0.3) is 0 Å². The van der Waals surface area contributed by atoms with Crippen molar-refractivity contribution < 1.29 is 4.39 Å². The van der Waals surface area contributed by atoms with E-state index >= 15 is 0 Å². The van der Waals surface area contributed by atoms with E-state index in [4.69, 9.17) is 11.1 Å². The van der Waals surface area contributed by atoms with Gasteiger partial charge in [0.2, 0.25) is 0 Å². The maximum atomic E-state index is 13.6. The minimum absolute atomic E-state index is 0. The fourth-order valence-corrected chi connectivity index (χ4v) is 1.50. The summed E-state index contributed by atoms with van der Waals surface area (Å²) < 4.78 is 13.6. The molecular weight excluding hydrogens is 229 g/mol. The van der Waals surface area contributed by atoms with E-state index in [1.165, 1.54) is 6.07 Å². The first-order valence-corrected chi connectivity index (χ1v) is 4.99. The summed E-state index contributed by atoms with van der Waals surface area (Å²) in [4.78, 5) is 1.92. The van der Waals surface area contributed by atoms with Crippen LogP contribution >= 0.6 is 12.4 Å². The van der Waals surface area contributed by atoms with Gasteiger partial charge >= 0.3 is 0 Å². The van der Waals surface area contributed by atoms with Crippen LogP contribution in [-0.2, 0) is 0 Å². The van der Waals surface area contributed by atoms with Crippen LogP contribution in [0.3, 0.4) is 0 Å². The van der Waals surface area contributed by atoms with Crippen molar-refractivity contribution in [3.8, 4) is 0 Å². The molecule has 0 saturated heterocycles. The summed E-state index contributed by atoms with van der Waals surface area (Å²) in [5.41, 5.74) is 6.26. The topological polar surface area (TPSA) is 53.1 Å². The van der Waals surface area contributed by atoms with Crippen LogP contribution in [-0.4, -0.2) is 18.9 Å². The molecule has 1 aromatic rings. The Balaban J connectivity index is 0.00000225. The average Bonchev–Trinajstić information content (AvgIpc) is 2.21. The molecule has 1 aromatic carbocycles. The highest BCUT2D eigenvalue weighted by Crippen LogP contribution is 2.19. The van der Waals surface area contributed by atoms with E-state index in [2.05, 4.69) is 0 Å². The Morgan fingerprint density at radius 3 is 2.31 bits per heavy atom. The van der Waals surface area contributed by atoms with E-state index in [9.17, 15) is 4.39 Å². The molecule has 16 heavy (non-hydrogen) atoms. The molecule has 0 aliphatic rings. The van der Waals surface area contributed by atoms with Crippen LogP contribution in [0.1, 0.15) is 19.4 Å². The second kappa shape index (κ2) is 6.33. The number of halogens is 2. The van der Waals surface area contributed by atoms with Gasteiger partial charge in [-0.05, 0) is 32.0 Å². The molecule has 3 N–H and O–H groups in total. The highest BCUT2D eigenvalue weighted by Gasteiger charge is 2.09. The first-order chi connectivity index (χ1) is 7.10. The Labute approximate surface area is 101 Å². The van der Waals surface area contributed by atoms with Crippen LogP contribution in [0.5, 0.6) is 0 Å². The normalized spacial score (nSPS) is 9.44. The van der Waals surface area contributed by atoms with E-state index in [-0.39, 0.29) is 24.1 Å². The highest BCUT2D eigenvalue weighted by molar-refractivity contribution is 5.95. The van der Waals surface area contributed by atoms with Crippen LogP contribution in [0.4, 0.5) is 10.1 Å². The molecule has 0 unspecified atom stereocenters. The zero-order chi connectivity index (χ0) is 11.4. The lowest BCUT2D eigenvalue weighted by molar-refractivity contribution is 0.619. The molecule has 0 radical (unpaired) electrons. The number of hydrogen-bond acceptors (Lipinski definition) is 2. The molecule has 0 heterocycles. The second-order valence-electron chi connectivity index (χ2n) is 3.25. The average molecular weight is 246 g/mol. The van der Waals surface area contributed by atoms with Crippen LogP contribution in [0, 0.1) is 11.2 Å². The van der Waals surface area contributed by atoms with Crippen LogP contribution in [0.15, 0.2) is 18.2 Å². The van der Waals surface area contributed by atoms with E-state index in [0.717, 1.165) is 13.1 Å². The molecule has 90 valence electrons. The molecule has 0 fully saturated rings. The lowest BCUT2D eigenvalue weighted by Gasteiger charge is -2.21. The molecule has 0 aliphatic carbocycles. The zero-order valence-corrected chi connectivity index (χ0v) is 10.3. The molecule has 0 aliphatic heterocycles. The lowest BCUT2D eigenvalue weighted by Crippen LogP contribution is -2.23. The van der Waals surface area contributed by atoms with Crippen molar-refractivity contribution in [1.29, 1.82) is 5.41 Å². The molecule has 1 rings (SSSR count). The Kier molecular flexibility index (Phi) is 5.82. The van der Waals surface area contributed by atoms with Gasteiger partial charge in [0.1, 0.15) is 11.7 Å². The SMILES string of the molecule is CCN(CC)c1ccc(C(=N)N)cc1F.Cl. The largest absolute Gasteiger partial charge is 0.384 e. The zero-order valence-electron chi connectivity index (χ0n) is 9.46. The fourth-order valence-electron chi connectivity index (χ4n) is 1.50. The van der Waals surface area contributed by atoms with Crippen LogP contribution < -0.4 is 10.6 Å². The van der Waals surface area contributed by atoms with Crippen molar-refractivity contribution >= 4 is 23.9 Å². The summed E-state index contributed by atoms with van der Waals surface area (Å²) in [7, 11) is 0. The number of benzene rings is 1. The van der Waals surface area contributed by atoms with Gasteiger partial charge in [0.05, 0.1) is 5.69 Å². The summed E-state index contributed by atoms with van der Waals surface area (Å²) in [5.74, 6) is -0.439. The van der Waals surface area contributed by atoms with Crippen molar-refractivity contribution in [3.05, 3.63) is 29.6 Å². The van der Waals surface area contributed by atoms with Crippen molar-refractivity contribution in [2.75, 3.05) is 18.0 Å². The number of rotatable bonds is 4. The number of nitrogens with two attached hydrogens (primary N) is 1. The van der Waals surface area contributed by atoms with Gasteiger partial charge in [0, 0.05) is 18.7 Å². The third-order valence-corrected chi connectivity index (χ3v) is 2.36. The summed E-state index contributed by atoms with van der Waals surface area (Å²) in [6.45, 7) is 5.46. The van der Waals surface area contributed by atoms with Crippen molar-refractivity contribution in [1.82, 2.24) is 0 Å². The summed E-state index contributed by atoms with van der Waals surface area (Å²) in [6.07, 6.45) is 0. The molecule has 0 saturated carbocycles. The van der Waals surface area contributed by atoms with Gasteiger partial charge in [-0.25, -0.2) is 4.39 Å². The van der Waals surface area contributed by atoms with Gasteiger partial charge in [0.15, 0.2) is 0 Å². The predicted molar refractivity (Wildman–Crippen MR) is 68.2 cm³/mol. The maximum absolute atomic E-state index is 13.6. The number of amidine groups is 1. The molecule has 5 heteroatoms. The summed E-state index contributed by atoms with van der Waals surface area (Å²) in [6, 6.07) is 4.63. The predicted octanol–water partition coefficient (Wildman–Crippen LogP) is 2.38. The fraction of sp³-hybridized carbons (Fsp3) is 0.364. The molecule has 0 amide bonds. The molecule has 0 aromatic heterocycles. The monoisotopic (exact) mass is 245 g/mol. The van der Waals surface area contributed by atoms with Crippen LogP contribution in [0.2, 0.25) is 0 Å². The Morgan fingerprint density at radius 2 is 1.94 bits per heavy atom. The van der Waals surface area contributed by atoms with Crippen molar-refractivity contribution in [2.45, 2.75) is 13.8 Å². The minimum Gasteiger partial charge on any atom is -0.384 e. The molecular formula is C11H17ClFN3. The second-order valence-corrected chi connectivity index (χ2v) is 3.25. The maximum Gasteiger partial charge on any atom is 0.147 e. The third-order valence-electron chi connectivity index (χ3n) is 2.36. The summed E-state index contributed by atoms with van der Waals surface area (Å²) >= 11 is 0. The molecule has 3 nitrogen and oxygen atoms in total. The van der Waals surface area contributed by atoms with E-state index < -0.39 is 0 Å². The Morgan fingerprint density at radius 1 is 1.38 bits per heavy atom. The molecule has 0 atom stereocenters.